The molecular weight excluding hydrogens is 374 g/mol. The van der Waals surface area contributed by atoms with Crippen LogP contribution in [0.25, 0.3) is 0 Å². The van der Waals surface area contributed by atoms with Crippen LogP contribution in [0.4, 0.5) is 16.2 Å². The highest BCUT2D eigenvalue weighted by molar-refractivity contribution is 5.89. The molecule has 0 saturated carbocycles. The molecule has 0 aliphatic carbocycles. The van der Waals surface area contributed by atoms with Gasteiger partial charge >= 0.3 is 6.03 Å². The van der Waals surface area contributed by atoms with E-state index >= 15 is 0 Å². The highest BCUT2D eigenvalue weighted by Crippen LogP contribution is 2.34. The number of hydrogen-bond donors (Lipinski definition) is 2. The van der Waals surface area contributed by atoms with Crippen LogP contribution in [-0.2, 0) is 0 Å². The van der Waals surface area contributed by atoms with Gasteiger partial charge in [-0.05, 0) is 43.5 Å². The van der Waals surface area contributed by atoms with Gasteiger partial charge in [-0.3, -0.25) is 10.1 Å². The van der Waals surface area contributed by atoms with Crippen LogP contribution in [0.1, 0.15) is 40.0 Å². The van der Waals surface area contributed by atoms with Crippen molar-refractivity contribution in [1.82, 2.24) is 5.32 Å². The molecule has 2 aromatic carbocycles. The van der Waals surface area contributed by atoms with E-state index in [4.69, 9.17) is 9.47 Å². The first-order valence-electron chi connectivity index (χ1n) is 9.73. The van der Waals surface area contributed by atoms with Crippen molar-refractivity contribution in [3.8, 4) is 17.2 Å². The number of amides is 2. The molecule has 29 heavy (non-hydrogen) atoms. The highest BCUT2D eigenvalue weighted by Gasteiger charge is 2.13. The van der Waals surface area contributed by atoms with Crippen LogP contribution in [0.2, 0.25) is 0 Å². The molecule has 2 amide bonds. The van der Waals surface area contributed by atoms with E-state index in [0.29, 0.717) is 29.5 Å². The Balaban J connectivity index is 2.15. The van der Waals surface area contributed by atoms with Crippen molar-refractivity contribution in [3.63, 3.8) is 0 Å². The fourth-order valence-electron chi connectivity index (χ4n) is 2.60. The number of rotatable bonds is 10. The minimum absolute atomic E-state index is 0.0113. The van der Waals surface area contributed by atoms with Gasteiger partial charge in [0.25, 0.3) is 5.69 Å². The van der Waals surface area contributed by atoms with Gasteiger partial charge in [0.15, 0.2) is 11.5 Å². The summed E-state index contributed by atoms with van der Waals surface area (Å²) in [6.07, 6.45) is 2.53. The molecule has 2 aromatic rings. The lowest BCUT2D eigenvalue weighted by atomic mass is 10.2. The van der Waals surface area contributed by atoms with Gasteiger partial charge in [-0.2, -0.15) is 0 Å². The van der Waals surface area contributed by atoms with Gasteiger partial charge in [-0.25, -0.2) is 4.79 Å². The molecule has 2 rings (SSSR count). The first-order valence-corrected chi connectivity index (χ1v) is 9.73. The van der Waals surface area contributed by atoms with Crippen LogP contribution in [0.3, 0.4) is 0 Å². The van der Waals surface area contributed by atoms with Crippen molar-refractivity contribution in [3.05, 3.63) is 52.6 Å². The molecule has 0 unspecified atom stereocenters. The Morgan fingerprint density at radius 1 is 1.07 bits per heavy atom. The SMILES string of the molecule is CCCOc1cc(NC(=O)NC(CC)CC)ccc1Oc1ccc([N+](=O)[O-])cc1. The number of carbonyl (C=O) groups excluding carboxylic acids is 1. The summed E-state index contributed by atoms with van der Waals surface area (Å²) in [6, 6.07) is 10.8. The summed E-state index contributed by atoms with van der Waals surface area (Å²) < 4.78 is 11.6. The molecule has 0 bridgehead atoms. The van der Waals surface area contributed by atoms with E-state index < -0.39 is 4.92 Å². The zero-order chi connectivity index (χ0) is 21.2. The van der Waals surface area contributed by atoms with Crippen LogP contribution in [0, 0.1) is 10.1 Å². The third kappa shape index (κ3) is 6.67. The number of carbonyl (C=O) groups is 1. The zero-order valence-corrected chi connectivity index (χ0v) is 16.9. The average Bonchev–Trinajstić information content (AvgIpc) is 2.72. The number of ether oxygens (including phenoxy) is 2. The van der Waals surface area contributed by atoms with Crippen LogP contribution in [0.5, 0.6) is 17.2 Å². The predicted octanol–water partition coefficient (Wildman–Crippen LogP) is 5.49. The molecule has 156 valence electrons. The Morgan fingerprint density at radius 2 is 1.76 bits per heavy atom. The van der Waals surface area contributed by atoms with Crippen molar-refractivity contribution < 1.29 is 19.2 Å². The zero-order valence-electron chi connectivity index (χ0n) is 16.9. The van der Waals surface area contributed by atoms with Gasteiger partial charge < -0.3 is 20.1 Å². The van der Waals surface area contributed by atoms with E-state index in [9.17, 15) is 14.9 Å². The third-order valence-electron chi connectivity index (χ3n) is 4.26. The summed E-state index contributed by atoms with van der Waals surface area (Å²) >= 11 is 0. The molecular formula is C21H27N3O5. The fourth-order valence-corrected chi connectivity index (χ4v) is 2.60. The maximum Gasteiger partial charge on any atom is 0.319 e. The summed E-state index contributed by atoms with van der Waals surface area (Å²) in [6.45, 7) is 6.52. The quantitative estimate of drug-likeness (QED) is 0.405. The molecule has 0 atom stereocenters. The number of nitro benzene ring substituents is 1. The minimum atomic E-state index is -0.466. The lowest BCUT2D eigenvalue weighted by Gasteiger charge is -2.17. The molecule has 2 N–H and O–H groups in total. The van der Waals surface area contributed by atoms with Crippen LogP contribution in [0.15, 0.2) is 42.5 Å². The summed E-state index contributed by atoms with van der Waals surface area (Å²) in [5, 5.41) is 16.5. The largest absolute Gasteiger partial charge is 0.490 e. The van der Waals surface area contributed by atoms with Gasteiger partial charge in [0.05, 0.1) is 11.5 Å². The minimum Gasteiger partial charge on any atom is -0.490 e. The van der Waals surface area contributed by atoms with Gasteiger partial charge in [0.1, 0.15) is 5.75 Å². The Hall–Kier alpha value is -3.29. The summed E-state index contributed by atoms with van der Waals surface area (Å²) in [7, 11) is 0. The maximum atomic E-state index is 12.2. The third-order valence-corrected chi connectivity index (χ3v) is 4.26. The molecule has 8 nitrogen and oxygen atoms in total. The molecule has 0 aliphatic heterocycles. The molecule has 8 heteroatoms. The second kappa shape index (κ2) is 10.9. The van der Waals surface area contributed by atoms with E-state index in [1.54, 1.807) is 18.2 Å². The van der Waals surface area contributed by atoms with Gasteiger partial charge in [-0.1, -0.05) is 20.8 Å². The van der Waals surface area contributed by atoms with E-state index in [1.165, 1.54) is 24.3 Å². The molecule has 0 spiro atoms. The Bertz CT molecular complexity index is 820. The maximum absolute atomic E-state index is 12.2. The fraction of sp³-hybridized carbons (Fsp3) is 0.381. The molecule has 0 heterocycles. The van der Waals surface area contributed by atoms with E-state index in [0.717, 1.165) is 19.3 Å². The highest BCUT2D eigenvalue weighted by atomic mass is 16.6. The van der Waals surface area contributed by atoms with Crippen LogP contribution < -0.4 is 20.1 Å². The number of nitrogens with zero attached hydrogens (tertiary/aromatic N) is 1. The van der Waals surface area contributed by atoms with Crippen LogP contribution >= 0.6 is 0 Å². The van der Waals surface area contributed by atoms with Gasteiger partial charge in [0.2, 0.25) is 0 Å². The standard InChI is InChI=1S/C21H27N3O5/c1-4-13-28-20-14-16(23-21(25)22-15(5-2)6-3)7-12-19(20)29-18-10-8-17(9-11-18)24(26)27/h7-12,14-15H,4-6,13H2,1-3H3,(H2,22,23,25). The van der Waals surface area contributed by atoms with Crippen molar-refractivity contribution in [2.75, 3.05) is 11.9 Å². The molecule has 0 radical (unpaired) electrons. The molecule has 0 aromatic heterocycles. The average molecular weight is 401 g/mol. The molecule has 0 fully saturated rings. The number of nitrogens with one attached hydrogen (secondary N) is 2. The summed E-state index contributed by atoms with van der Waals surface area (Å²) in [5.74, 6) is 1.38. The van der Waals surface area contributed by atoms with Gasteiger partial charge in [-0.15, -0.1) is 0 Å². The summed E-state index contributed by atoms with van der Waals surface area (Å²) in [4.78, 5) is 22.5. The predicted molar refractivity (Wildman–Crippen MR) is 112 cm³/mol. The Kier molecular flexibility index (Phi) is 8.27. The van der Waals surface area contributed by atoms with E-state index in [1.807, 2.05) is 20.8 Å². The number of nitro groups is 1. The monoisotopic (exact) mass is 401 g/mol. The van der Waals surface area contributed by atoms with Crippen molar-refractivity contribution >= 4 is 17.4 Å². The second-order valence-corrected chi connectivity index (χ2v) is 6.47. The lowest BCUT2D eigenvalue weighted by Crippen LogP contribution is -2.37. The van der Waals surface area contributed by atoms with Crippen LogP contribution in [-0.4, -0.2) is 23.6 Å². The molecule has 0 aliphatic rings. The number of benzene rings is 2. The van der Waals surface area contributed by atoms with Crippen molar-refractivity contribution in [2.45, 2.75) is 46.1 Å². The number of hydrogen-bond acceptors (Lipinski definition) is 5. The number of anilines is 1. The molecule has 0 saturated heterocycles. The Labute approximate surface area is 170 Å². The second-order valence-electron chi connectivity index (χ2n) is 6.47. The lowest BCUT2D eigenvalue weighted by molar-refractivity contribution is -0.384. The van der Waals surface area contributed by atoms with Gasteiger partial charge in [0, 0.05) is 29.9 Å². The van der Waals surface area contributed by atoms with E-state index in [-0.39, 0.29) is 17.8 Å². The van der Waals surface area contributed by atoms with E-state index in [2.05, 4.69) is 10.6 Å². The Morgan fingerprint density at radius 3 is 2.34 bits per heavy atom. The first-order chi connectivity index (χ1) is 14.0. The number of non-ortho nitro benzene ring substituents is 1. The first kappa shape index (κ1) is 22.0. The number of urea groups is 1. The van der Waals surface area contributed by atoms with Crippen molar-refractivity contribution in [1.29, 1.82) is 0 Å². The topological polar surface area (TPSA) is 103 Å². The van der Waals surface area contributed by atoms with Crippen molar-refractivity contribution in [2.24, 2.45) is 0 Å². The normalized spacial score (nSPS) is 10.5. The summed E-state index contributed by atoms with van der Waals surface area (Å²) in [5.41, 5.74) is 0.568. The smallest absolute Gasteiger partial charge is 0.319 e.